The molecule has 0 aliphatic rings. The van der Waals surface area contributed by atoms with Gasteiger partial charge in [0.25, 0.3) is 5.91 Å². The predicted octanol–water partition coefficient (Wildman–Crippen LogP) is 3.56. The fourth-order valence-corrected chi connectivity index (χ4v) is 3.25. The molecule has 172 valence electrons. The molecule has 0 saturated carbocycles. The van der Waals surface area contributed by atoms with Crippen LogP contribution in [0.3, 0.4) is 0 Å². The number of carbonyl (C=O) groups is 2. The van der Waals surface area contributed by atoms with Crippen LogP contribution in [0.15, 0.2) is 72.8 Å². The van der Waals surface area contributed by atoms with Crippen LogP contribution in [0.25, 0.3) is 11.4 Å². The van der Waals surface area contributed by atoms with Gasteiger partial charge >= 0.3 is 0 Å². The van der Waals surface area contributed by atoms with Crippen LogP contribution in [0, 0.1) is 6.92 Å². The van der Waals surface area contributed by atoms with Gasteiger partial charge in [0, 0.05) is 11.1 Å². The summed E-state index contributed by atoms with van der Waals surface area (Å²) in [5.41, 5.74) is 2.55. The Labute approximate surface area is 196 Å². The average molecular weight is 457 g/mol. The first-order valence-electron chi connectivity index (χ1n) is 10.6. The molecule has 1 heterocycles. The second kappa shape index (κ2) is 10.4. The number of hydrogen-bond acceptors (Lipinski definition) is 7. The number of aromatic nitrogens is 4. The van der Waals surface area contributed by atoms with Crippen molar-refractivity contribution < 1.29 is 19.1 Å². The summed E-state index contributed by atoms with van der Waals surface area (Å²) in [4.78, 5) is 26.3. The summed E-state index contributed by atoms with van der Waals surface area (Å²) in [7, 11) is 1.56. The molecule has 0 radical (unpaired) electrons. The topological polar surface area (TPSA) is 108 Å². The van der Waals surface area contributed by atoms with Crippen LogP contribution in [0.4, 0.5) is 5.69 Å². The number of aryl methyl sites for hydroxylation is 1. The van der Waals surface area contributed by atoms with E-state index in [0.29, 0.717) is 34.1 Å². The molecule has 0 unspecified atom stereocenters. The van der Waals surface area contributed by atoms with Crippen molar-refractivity contribution in [1.29, 1.82) is 0 Å². The number of carbonyl (C=O) groups excluding carboxylic acids is 2. The van der Waals surface area contributed by atoms with E-state index in [0.717, 1.165) is 5.56 Å². The molecular formula is C25H23N5O4. The van der Waals surface area contributed by atoms with E-state index in [1.807, 2.05) is 31.2 Å². The first kappa shape index (κ1) is 22.7. The maximum absolute atomic E-state index is 12.5. The van der Waals surface area contributed by atoms with Crippen LogP contribution in [0.1, 0.15) is 15.9 Å². The molecule has 0 fully saturated rings. The van der Waals surface area contributed by atoms with E-state index >= 15 is 0 Å². The van der Waals surface area contributed by atoms with Crippen molar-refractivity contribution in [2.45, 2.75) is 13.5 Å². The number of anilines is 1. The van der Waals surface area contributed by atoms with Gasteiger partial charge in [-0.3, -0.25) is 9.59 Å². The van der Waals surface area contributed by atoms with E-state index in [9.17, 15) is 9.59 Å². The zero-order valence-electron chi connectivity index (χ0n) is 18.8. The molecular weight excluding hydrogens is 434 g/mol. The second-order valence-electron chi connectivity index (χ2n) is 7.44. The number of benzene rings is 3. The number of rotatable bonds is 9. The lowest BCUT2D eigenvalue weighted by Crippen LogP contribution is -2.20. The zero-order chi connectivity index (χ0) is 23.9. The number of Topliss-reactive ketones (excluding diaryl/α,β-unsaturated/α-hetero) is 1. The highest BCUT2D eigenvalue weighted by molar-refractivity contribution is 5.96. The maximum Gasteiger partial charge on any atom is 0.262 e. The summed E-state index contributed by atoms with van der Waals surface area (Å²) in [6.07, 6.45) is 0. The van der Waals surface area contributed by atoms with E-state index in [-0.39, 0.29) is 24.8 Å². The number of tetrazole rings is 1. The van der Waals surface area contributed by atoms with Crippen molar-refractivity contribution in [3.05, 3.63) is 83.9 Å². The summed E-state index contributed by atoms with van der Waals surface area (Å²) in [6.45, 7) is 1.70. The van der Waals surface area contributed by atoms with E-state index < -0.39 is 0 Å². The number of hydrogen-bond donors (Lipinski definition) is 1. The van der Waals surface area contributed by atoms with E-state index in [2.05, 4.69) is 20.7 Å². The molecule has 0 spiro atoms. The van der Waals surface area contributed by atoms with Crippen LogP contribution in [-0.4, -0.2) is 45.6 Å². The number of para-hydroxylation sites is 2. The van der Waals surface area contributed by atoms with Crippen LogP contribution in [0.5, 0.6) is 11.5 Å². The quantitative estimate of drug-likeness (QED) is 0.383. The summed E-state index contributed by atoms with van der Waals surface area (Å²) in [5.74, 6) is 1.12. The van der Waals surface area contributed by atoms with Crippen LogP contribution < -0.4 is 14.8 Å². The fourth-order valence-electron chi connectivity index (χ4n) is 3.25. The molecule has 1 N–H and O–H groups in total. The maximum atomic E-state index is 12.5. The molecule has 4 aromatic rings. The van der Waals surface area contributed by atoms with E-state index in [1.165, 1.54) is 4.80 Å². The van der Waals surface area contributed by atoms with Crippen LogP contribution in [-0.2, 0) is 11.3 Å². The largest absolute Gasteiger partial charge is 0.497 e. The van der Waals surface area contributed by atoms with Crippen molar-refractivity contribution in [3.63, 3.8) is 0 Å². The second-order valence-corrected chi connectivity index (χ2v) is 7.44. The third-order valence-electron chi connectivity index (χ3n) is 5.04. The molecule has 0 aliphatic heterocycles. The Bertz CT molecular complexity index is 1300. The SMILES string of the molecule is COc1ccc(C(=O)Cn2nnc(-c3ccccc3NC(=O)COc3ccccc3C)n2)cc1. The molecule has 0 aliphatic carbocycles. The Morgan fingerprint density at radius 1 is 0.971 bits per heavy atom. The van der Waals surface area contributed by atoms with Gasteiger partial charge in [0.05, 0.1) is 12.8 Å². The summed E-state index contributed by atoms with van der Waals surface area (Å²) >= 11 is 0. The van der Waals surface area contributed by atoms with Gasteiger partial charge in [0.15, 0.2) is 12.4 Å². The number of nitrogens with one attached hydrogen (secondary N) is 1. The van der Waals surface area contributed by atoms with Crippen LogP contribution in [0.2, 0.25) is 0 Å². The third-order valence-corrected chi connectivity index (χ3v) is 5.04. The molecule has 4 rings (SSSR count). The Morgan fingerprint density at radius 2 is 1.71 bits per heavy atom. The lowest BCUT2D eigenvalue weighted by molar-refractivity contribution is -0.118. The number of ether oxygens (including phenoxy) is 2. The minimum absolute atomic E-state index is 0.0713. The van der Waals surface area contributed by atoms with Gasteiger partial charge in [-0.2, -0.15) is 4.80 Å². The highest BCUT2D eigenvalue weighted by atomic mass is 16.5. The molecule has 9 heteroatoms. The minimum atomic E-state index is -0.322. The molecule has 0 bridgehead atoms. The van der Waals surface area contributed by atoms with Gasteiger partial charge in [0.2, 0.25) is 5.82 Å². The van der Waals surface area contributed by atoms with E-state index in [4.69, 9.17) is 9.47 Å². The number of ketones is 1. The minimum Gasteiger partial charge on any atom is -0.497 e. The average Bonchev–Trinajstić information content (AvgIpc) is 3.32. The lowest BCUT2D eigenvalue weighted by atomic mass is 10.1. The number of methoxy groups -OCH3 is 1. The Hall–Kier alpha value is -4.53. The van der Waals surface area contributed by atoms with E-state index in [1.54, 1.807) is 55.6 Å². The Morgan fingerprint density at radius 3 is 2.47 bits per heavy atom. The lowest BCUT2D eigenvalue weighted by Gasteiger charge is -2.11. The fraction of sp³-hybridized carbons (Fsp3) is 0.160. The standard InChI is InChI=1S/C25H23N5O4/c1-17-7-3-6-10-23(17)34-16-24(32)26-21-9-5-4-8-20(21)25-27-29-30(28-25)15-22(31)18-11-13-19(33-2)14-12-18/h3-14H,15-16H2,1-2H3,(H,26,32). The first-order valence-corrected chi connectivity index (χ1v) is 10.6. The van der Waals surface area contributed by atoms with Gasteiger partial charge in [-0.25, -0.2) is 0 Å². The number of nitrogens with zero attached hydrogens (tertiary/aromatic N) is 4. The highest BCUT2D eigenvalue weighted by Crippen LogP contribution is 2.24. The van der Waals surface area contributed by atoms with Gasteiger partial charge in [-0.05, 0) is 60.2 Å². The summed E-state index contributed by atoms with van der Waals surface area (Å²) in [6, 6.07) is 21.4. The smallest absolute Gasteiger partial charge is 0.262 e. The monoisotopic (exact) mass is 457 g/mol. The van der Waals surface area contributed by atoms with Crippen LogP contribution >= 0.6 is 0 Å². The Kier molecular flexibility index (Phi) is 6.92. The molecule has 1 amide bonds. The van der Waals surface area contributed by atoms with Crippen molar-refractivity contribution in [3.8, 4) is 22.9 Å². The van der Waals surface area contributed by atoms with Gasteiger partial charge < -0.3 is 14.8 Å². The van der Waals surface area contributed by atoms with Crippen molar-refractivity contribution in [1.82, 2.24) is 20.2 Å². The first-order chi connectivity index (χ1) is 16.5. The van der Waals surface area contributed by atoms with Crippen molar-refractivity contribution in [2.75, 3.05) is 19.0 Å². The zero-order valence-corrected chi connectivity index (χ0v) is 18.8. The van der Waals surface area contributed by atoms with Gasteiger partial charge in [-0.15, -0.1) is 10.2 Å². The highest BCUT2D eigenvalue weighted by Gasteiger charge is 2.15. The summed E-state index contributed by atoms with van der Waals surface area (Å²) in [5, 5.41) is 15.2. The Balaban J connectivity index is 1.42. The molecule has 0 atom stereocenters. The van der Waals surface area contributed by atoms with Gasteiger partial charge in [-0.1, -0.05) is 30.3 Å². The summed E-state index contributed by atoms with van der Waals surface area (Å²) < 4.78 is 10.7. The molecule has 0 saturated heterocycles. The third kappa shape index (κ3) is 5.44. The molecule has 3 aromatic carbocycles. The normalized spacial score (nSPS) is 10.5. The van der Waals surface area contributed by atoms with Crippen molar-refractivity contribution >= 4 is 17.4 Å². The molecule has 34 heavy (non-hydrogen) atoms. The molecule has 1 aromatic heterocycles. The predicted molar refractivity (Wildman–Crippen MR) is 126 cm³/mol. The molecule has 9 nitrogen and oxygen atoms in total. The number of amides is 1. The van der Waals surface area contributed by atoms with Crippen molar-refractivity contribution in [2.24, 2.45) is 0 Å². The van der Waals surface area contributed by atoms with Gasteiger partial charge in [0.1, 0.15) is 18.0 Å².